The third-order valence-corrected chi connectivity index (χ3v) is 3.25. The number of hydrogen-bond donors (Lipinski definition) is 0. The smallest absolute Gasteiger partial charge is 0.546 e. The number of benzene rings is 2. The zero-order valence-electron chi connectivity index (χ0n) is 12.3. The van der Waals surface area contributed by atoms with Gasteiger partial charge in [0.05, 0.1) is 22.8 Å². The van der Waals surface area contributed by atoms with E-state index in [2.05, 4.69) is 0 Å². The topological polar surface area (TPSA) is 86.7 Å². The summed E-state index contributed by atoms with van der Waals surface area (Å²) >= 11 is 0. The molecule has 110 valence electrons. The molecule has 0 N–H and O–H groups in total. The van der Waals surface area contributed by atoms with Crippen LogP contribution in [0.25, 0.3) is 0 Å². The fourth-order valence-electron chi connectivity index (χ4n) is 2.31. The number of para-hydroxylation sites is 2. The standard InChI is InChI=1S/C16H11NO5.K/c18-14(19)9-22-13-8-4-3-7-12(13)17-15(20)10-5-1-2-6-11(10)16(17)21;/h1-8H,9H2,(H,18,19);/q;+1/p-1. The zero-order valence-corrected chi connectivity index (χ0v) is 15.4. The van der Waals surface area contributed by atoms with E-state index in [0.717, 1.165) is 4.90 Å². The molecule has 0 atom stereocenters. The Bertz CT molecular complexity index is 755. The molecule has 23 heavy (non-hydrogen) atoms. The Morgan fingerprint density at radius 2 is 1.48 bits per heavy atom. The molecule has 0 aromatic heterocycles. The van der Waals surface area contributed by atoms with Gasteiger partial charge in [0, 0.05) is 0 Å². The van der Waals surface area contributed by atoms with Gasteiger partial charge in [0.1, 0.15) is 12.4 Å². The maximum absolute atomic E-state index is 12.4. The summed E-state index contributed by atoms with van der Waals surface area (Å²) in [7, 11) is 0. The summed E-state index contributed by atoms with van der Waals surface area (Å²) in [5.41, 5.74) is 0.819. The maximum Gasteiger partial charge on any atom is 1.00 e. The molecule has 2 aromatic rings. The summed E-state index contributed by atoms with van der Waals surface area (Å²) in [4.78, 5) is 36.3. The van der Waals surface area contributed by atoms with E-state index in [1.165, 1.54) is 12.1 Å². The first-order valence-electron chi connectivity index (χ1n) is 6.49. The number of carboxylic acids is 1. The largest absolute Gasteiger partial charge is 1.00 e. The van der Waals surface area contributed by atoms with Crippen molar-refractivity contribution in [2.45, 2.75) is 0 Å². The van der Waals surface area contributed by atoms with Gasteiger partial charge in [-0.2, -0.15) is 0 Å². The van der Waals surface area contributed by atoms with Gasteiger partial charge < -0.3 is 14.6 Å². The van der Waals surface area contributed by atoms with Gasteiger partial charge >= 0.3 is 51.4 Å². The maximum atomic E-state index is 12.4. The van der Waals surface area contributed by atoms with E-state index in [0.29, 0.717) is 11.1 Å². The first kappa shape index (κ1) is 17.8. The summed E-state index contributed by atoms with van der Waals surface area (Å²) in [5.74, 6) is -2.20. The van der Waals surface area contributed by atoms with Crippen molar-refractivity contribution in [3.8, 4) is 5.75 Å². The third kappa shape index (κ3) is 3.38. The van der Waals surface area contributed by atoms with Crippen molar-refractivity contribution in [1.29, 1.82) is 0 Å². The number of nitrogens with zero attached hydrogens (tertiary/aromatic N) is 1. The van der Waals surface area contributed by atoms with Crippen molar-refractivity contribution in [3.63, 3.8) is 0 Å². The molecule has 1 heterocycles. The number of carbonyl (C=O) groups excluding carboxylic acids is 3. The molecule has 0 bridgehead atoms. The van der Waals surface area contributed by atoms with Crippen LogP contribution in [0.3, 0.4) is 0 Å². The van der Waals surface area contributed by atoms with Crippen LogP contribution in [0, 0.1) is 0 Å². The van der Waals surface area contributed by atoms with Crippen LogP contribution in [0.15, 0.2) is 48.5 Å². The minimum atomic E-state index is -1.39. The Morgan fingerprint density at radius 3 is 2.04 bits per heavy atom. The summed E-state index contributed by atoms with van der Waals surface area (Å²) < 4.78 is 5.10. The molecule has 0 spiro atoms. The first-order valence-corrected chi connectivity index (χ1v) is 6.49. The third-order valence-electron chi connectivity index (χ3n) is 3.25. The predicted molar refractivity (Wildman–Crippen MR) is 74.5 cm³/mol. The first-order chi connectivity index (χ1) is 10.6. The summed E-state index contributed by atoms with van der Waals surface area (Å²) in [5, 5.41) is 10.5. The van der Waals surface area contributed by atoms with Crippen LogP contribution in [-0.2, 0) is 4.79 Å². The van der Waals surface area contributed by atoms with Gasteiger partial charge in [0.15, 0.2) is 0 Å². The summed E-state index contributed by atoms with van der Waals surface area (Å²) in [6, 6.07) is 12.7. The second-order valence-corrected chi connectivity index (χ2v) is 4.62. The van der Waals surface area contributed by atoms with Gasteiger partial charge in [-0.3, -0.25) is 9.59 Å². The van der Waals surface area contributed by atoms with Crippen LogP contribution in [0.4, 0.5) is 5.69 Å². The van der Waals surface area contributed by atoms with Crippen LogP contribution in [0.5, 0.6) is 5.75 Å². The van der Waals surface area contributed by atoms with Crippen LogP contribution >= 0.6 is 0 Å². The number of amides is 2. The Labute approximate surface area is 174 Å². The van der Waals surface area contributed by atoms with Gasteiger partial charge in [-0.25, -0.2) is 4.90 Å². The minimum Gasteiger partial charge on any atom is -0.546 e. The summed E-state index contributed by atoms with van der Waals surface area (Å²) in [6.45, 7) is -0.666. The van der Waals surface area contributed by atoms with Crippen molar-refractivity contribution < 1.29 is 75.6 Å². The molecule has 0 fully saturated rings. The fourth-order valence-corrected chi connectivity index (χ4v) is 2.31. The molecule has 1 aliphatic rings. The predicted octanol–water partition coefficient (Wildman–Crippen LogP) is -2.38. The molecule has 3 rings (SSSR count). The molecule has 7 heteroatoms. The number of carbonyl (C=O) groups is 3. The van der Waals surface area contributed by atoms with Gasteiger partial charge in [0.25, 0.3) is 11.8 Å². The Hall–Kier alpha value is -1.51. The Balaban J connectivity index is 0.00000192. The molecule has 2 amide bonds. The average Bonchev–Trinajstić information content (AvgIpc) is 2.78. The number of imide groups is 1. The number of anilines is 1. The van der Waals surface area contributed by atoms with Crippen LogP contribution in [0.2, 0.25) is 0 Å². The SMILES string of the molecule is O=C([O-])COc1ccccc1N1C(=O)c2ccccc2C1=O.[K+]. The van der Waals surface area contributed by atoms with Gasteiger partial charge in [-0.15, -0.1) is 0 Å². The van der Waals surface area contributed by atoms with Crippen LogP contribution in [-0.4, -0.2) is 24.4 Å². The molecular formula is C16H10KNO5. The molecule has 0 saturated carbocycles. The van der Waals surface area contributed by atoms with E-state index in [1.54, 1.807) is 36.4 Å². The van der Waals surface area contributed by atoms with E-state index in [1.807, 2.05) is 0 Å². The van der Waals surface area contributed by atoms with Gasteiger partial charge in [0.2, 0.25) is 0 Å². The molecule has 0 unspecified atom stereocenters. The second kappa shape index (κ2) is 7.37. The minimum absolute atomic E-state index is 0. The van der Waals surface area contributed by atoms with Crippen molar-refractivity contribution in [2.75, 3.05) is 11.5 Å². The van der Waals surface area contributed by atoms with Crippen LogP contribution < -0.4 is 66.1 Å². The molecule has 6 nitrogen and oxygen atoms in total. The average molecular weight is 335 g/mol. The number of rotatable bonds is 4. The number of ether oxygens (including phenoxy) is 1. The van der Waals surface area contributed by atoms with Gasteiger partial charge in [-0.05, 0) is 24.3 Å². The second-order valence-electron chi connectivity index (χ2n) is 4.62. The molecular weight excluding hydrogens is 325 g/mol. The van der Waals surface area contributed by atoms with Crippen molar-refractivity contribution in [3.05, 3.63) is 59.7 Å². The van der Waals surface area contributed by atoms with Crippen molar-refractivity contribution in [1.82, 2.24) is 0 Å². The van der Waals surface area contributed by atoms with Crippen molar-refractivity contribution >= 4 is 23.5 Å². The zero-order chi connectivity index (χ0) is 15.7. The monoisotopic (exact) mass is 335 g/mol. The number of hydrogen-bond acceptors (Lipinski definition) is 5. The molecule has 0 aliphatic carbocycles. The van der Waals surface area contributed by atoms with E-state index < -0.39 is 24.4 Å². The molecule has 0 radical (unpaired) electrons. The van der Waals surface area contributed by atoms with Crippen molar-refractivity contribution in [2.24, 2.45) is 0 Å². The van der Waals surface area contributed by atoms with Crippen LogP contribution in [0.1, 0.15) is 20.7 Å². The van der Waals surface area contributed by atoms with E-state index in [-0.39, 0.29) is 62.8 Å². The molecule has 0 saturated heterocycles. The van der Waals surface area contributed by atoms with E-state index in [9.17, 15) is 19.5 Å². The van der Waals surface area contributed by atoms with E-state index in [4.69, 9.17) is 4.74 Å². The quantitative estimate of drug-likeness (QED) is 0.460. The normalized spacial score (nSPS) is 12.6. The number of fused-ring (bicyclic) bond motifs is 1. The van der Waals surface area contributed by atoms with E-state index >= 15 is 0 Å². The summed E-state index contributed by atoms with van der Waals surface area (Å²) in [6.07, 6.45) is 0. The Kier molecular flexibility index (Phi) is 5.72. The molecule has 2 aromatic carbocycles. The molecule has 1 aliphatic heterocycles. The number of aliphatic carboxylic acids is 1. The van der Waals surface area contributed by atoms with Gasteiger partial charge in [-0.1, -0.05) is 24.3 Å². The Morgan fingerprint density at radius 1 is 0.957 bits per heavy atom. The fraction of sp³-hybridized carbons (Fsp3) is 0.0625. The number of carboxylic acid groups (broad SMARTS) is 1.